The van der Waals surface area contributed by atoms with Crippen LogP contribution < -0.4 is 5.73 Å². The molecule has 2 N–H and O–H groups in total. The summed E-state index contributed by atoms with van der Waals surface area (Å²) in [6.07, 6.45) is 1.43. The van der Waals surface area contributed by atoms with Gasteiger partial charge in [-0.1, -0.05) is 6.07 Å². The Bertz CT molecular complexity index is 812. The zero-order chi connectivity index (χ0) is 13.4. The van der Waals surface area contributed by atoms with Gasteiger partial charge in [-0.2, -0.15) is 24.8 Å². The third-order valence-corrected chi connectivity index (χ3v) is 2.90. The Kier molecular flexibility index (Phi) is 2.39. The average Bonchev–Trinajstić information content (AvgIpc) is 2.85. The van der Waals surface area contributed by atoms with E-state index in [9.17, 15) is 0 Å². The van der Waals surface area contributed by atoms with Crippen molar-refractivity contribution in [2.24, 2.45) is 0 Å². The van der Waals surface area contributed by atoms with E-state index in [1.54, 1.807) is 16.6 Å². The second kappa shape index (κ2) is 4.07. The first-order valence-corrected chi connectivity index (χ1v) is 5.66. The monoisotopic (exact) mass is 250 g/mol. The van der Waals surface area contributed by atoms with Crippen LogP contribution in [-0.2, 0) is 0 Å². The van der Waals surface area contributed by atoms with Gasteiger partial charge in [0.1, 0.15) is 12.1 Å². The molecule has 92 valence electrons. The summed E-state index contributed by atoms with van der Waals surface area (Å²) in [5.41, 5.74) is 9.13. The van der Waals surface area contributed by atoms with Crippen molar-refractivity contribution in [3.8, 4) is 17.3 Å². The van der Waals surface area contributed by atoms with E-state index in [4.69, 9.17) is 11.0 Å². The van der Waals surface area contributed by atoms with E-state index >= 15 is 0 Å². The van der Waals surface area contributed by atoms with Gasteiger partial charge in [-0.3, -0.25) is 0 Å². The van der Waals surface area contributed by atoms with E-state index in [0.717, 1.165) is 16.8 Å². The Morgan fingerprint density at radius 3 is 2.89 bits per heavy atom. The summed E-state index contributed by atoms with van der Waals surface area (Å²) in [6.45, 7) is 1.94. The number of nitrogens with zero attached hydrogens (tertiary/aromatic N) is 5. The van der Waals surface area contributed by atoms with Gasteiger partial charge in [0, 0.05) is 11.6 Å². The van der Waals surface area contributed by atoms with Crippen LogP contribution in [0.25, 0.3) is 17.0 Å². The number of nitrogen functional groups attached to an aromatic ring is 1. The van der Waals surface area contributed by atoms with Crippen LogP contribution >= 0.6 is 0 Å². The summed E-state index contributed by atoms with van der Waals surface area (Å²) in [4.78, 5) is 8.14. The molecule has 2 aromatic heterocycles. The number of benzene rings is 1. The van der Waals surface area contributed by atoms with Gasteiger partial charge in [-0.05, 0) is 24.6 Å². The van der Waals surface area contributed by atoms with Crippen molar-refractivity contribution >= 4 is 11.6 Å². The van der Waals surface area contributed by atoms with E-state index in [1.165, 1.54) is 6.33 Å². The minimum Gasteiger partial charge on any atom is -0.384 e. The zero-order valence-electron chi connectivity index (χ0n) is 10.2. The van der Waals surface area contributed by atoms with Crippen molar-refractivity contribution in [2.45, 2.75) is 6.92 Å². The molecule has 0 saturated carbocycles. The van der Waals surface area contributed by atoms with Crippen molar-refractivity contribution < 1.29 is 0 Å². The zero-order valence-corrected chi connectivity index (χ0v) is 10.2. The lowest BCUT2D eigenvalue weighted by atomic mass is 10.0. The molecule has 0 radical (unpaired) electrons. The van der Waals surface area contributed by atoms with Crippen LogP contribution in [0.4, 0.5) is 5.82 Å². The molecule has 0 atom stereocenters. The molecular weight excluding hydrogens is 240 g/mol. The number of aromatic nitrogens is 4. The third-order valence-electron chi connectivity index (χ3n) is 2.90. The van der Waals surface area contributed by atoms with Gasteiger partial charge in [-0.25, -0.2) is 0 Å². The van der Waals surface area contributed by atoms with Gasteiger partial charge in [0.05, 0.1) is 17.3 Å². The van der Waals surface area contributed by atoms with Crippen LogP contribution in [0, 0.1) is 18.3 Å². The molecular formula is C13H10N6. The van der Waals surface area contributed by atoms with Crippen LogP contribution in [-0.4, -0.2) is 19.6 Å². The van der Waals surface area contributed by atoms with E-state index in [1.807, 2.05) is 19.1 Å². The number of anilines is 1. The first-order valence-electron chi connectivity index (χ1n) is 5.66. The van der Waals surface area contributed by atoms with E-state index in [-0.39, 0.29) is 0 Å². The predicted molar refractivity (Wildman–Crippen MR) is 70.1 cm³/mol. The Hall–Kier alpha value is -2.94. The maximum Gasteiger partial charge on any atom is 0.254 e. The summed E-state index contributed by atoms with van der Waals surface area (Å²) in [7, 11) is 0. The highest BCUT2D eigenvalue weighted by molar-refractivity contribution is 5.68. The predicted octanol–water partition coefficient (Wildman–Crippen LogP) is 1.55. The molecule has 0 aliphatic heterocycles. The fraction of sp³-hybridized carbons (Fsp3) is 0.0769. The smallest absolute Gasteiger partial charge is 0.254 e. The Labute approximate surface area is 109 Å². The van der Waals surface area contributed by atoms with E-state index in [2.05, 4.69) is 21.1 Å². The molecule has 0 bridgehead atoms. The van der Waals surface area contributed by atoms with Crippen LogP contribution in [0.3, 0.4) is 0 Å². The quantitative estimate of drug-likeness (QED) is 0.707. The minimum absolute atomic E-state index is 0.388. The Balaban J connectivity index is 2.30. The fourth-order valence-corrected chi connectivity index (χ4v) is 2.04. The first-order chi connectivity index (χ1) is 9.19. The molecule has 0 aliphatic rings. The highest BCUT2D eigenvalue weighted by Crippen LogP contribution is 2.25. The second-order valence-electron chi connectivity index (χ2n) is 4.18. The number of hydrogen-bond acceptors (Lipinski definition) is 5. The van der Waals surface area contributed by atoms with Crippen molar-refractivity contribution in [3.05, 3.63) is 41.7 Å². The van der Waals surface area contributed by atoms with Gasteiger partial charge in [0.2, 0.25) is 0 Å². The fourth-order valence-electron chi connectivity index (χ4n) is 2.04. The lowest BCUT2D eigenvalue weighted by Crippen LogP contribution is -2.01. The summed E-state index contributed by atoms with van der Waals surface area (Å²) >= 11 is 0. The molecule has 0 amide bonds. The number of aryl methyl sites for hydroxylation is 1. The van der Waals surface area contributed by atoms with Gasteiger partial charge in [0.25, 0.3) is 5.78 Å². The molecule has 0 aliphatic carbocycles. The lowest BCUT2D eigenvalue weighted by molar-refractivity contribution is 0.948. The second-order valence-corrected chi connectivity index (χ2v) is 4.18. The number of nitrogens with two attached hydrogens (primary N) is 1. The van der Waals surface area contributed by atoms with E-state index < -0.39 is 0 Å². The highest BCUT2D eigenvalue weighted by atomic mass is 15.3. The standard InChI is InChI=1S/C13H10N6/c1-8-4-9(6-14)2-3-10(8)11-5-12(15)18-13-16-7-17-19(11)13/h2-5,7H,1H3,(H2,15,16,17,18). The van der Waals surface area contributed by atoms with Crippen molar-refractivity contribution in [1.29, 1.82) is 5.26 Å². The Morgan fingerprint density at radius 2 is 2.16 bits per heavy atom. The Morgan fingerprint density at radius 1 is 1.32 bits per heavy atom. The summed E-state index contributed by atoms with van der Waals surface area (Å²) in [6, 6.07) is 9.34. The molecule has 0 unspecified atom stereocenters. The average molecular weight is 250 g/mol. The highest BCUT2D eigenvalue weighted by Gasteiger charge is 2.10. The van der Waals surface area contributed by atoms with Crippen LogP contribution in [0.2, 0.25) is 0 Å². The maximum atomic E-state index is 8.90. The van der Waals surface area contributed by atoms with Gasteiger partial charge in [0.15, 0.2) is 0 Å². The molecule has 6 heteroatoms. The van der Waals surface area contributed by atoms with Crippen molar-refractivity contribution in [3.63, 3.8) is 0 Å². The van der Waals surface area contributed by atoms with Gasteiger partial charge < -0.3 is 5.73 Å². The molecule has 0 fully saturated rings. The molecule has 3 rings (SSSR count). The molecule has 1 aromatic carbocycles. The van der Waals surface area contributed by atoms with E-state index in [0.29, 0.717) is 17.2 Å². The van der Waals surface area contributed by atoms with Crippen LogP contribution in [0.5, 0.6) is 0 Å². The normalized spacial score (nSPS) is 10.5. The van der Waals surface area contributed by atoms with Gasteiger partial charge in [-0.15, -0.1) is 0 Å². The molecule has 0 saturated heterocycles. The van der Waals surface area contributed by atoms with Gasteiger partial charge >= 0.3 is 0 Å². The van der Waals surface area contributed by atoms with Crippen LogP contribution in [0.15, 0.2) is 30.6 Å². The van der Waals surface area contributed by atoms with Crippen molar-refractivity contribution in [2.75, 3.05) is 5.73 Å². The molecule has 3 aromatic rings. The topological polar surface area (TPSA) is 92.9 Å². The van der Waals surface area contributed by atoms with Crippen molar-refractivity contribution in [1.82, 2.24) is 19.6 Å². The lowest BCUT2D eigenvalue weighted by Gasteiger charge is -2.08. The number of hydrogen-bond donors (Lipinski definition) is 1. The summed E-state index contributed by atoms with van der Waals surface area (Å²) in [5, 5.41) is 13.0. The van der Waals surface area contributed by atoms with Crippen LogP contribution in [0.1, 0.15) is 11.1 Å². The summed E-state index contributed by atoms with van der Waals surface area (Å²) < 4.78 is 1.63. The molecule has 6 nitrogen and oxygen atoms in total. The third kappa shape index (κ3) is 1.77. The number of nitriles is 1. The number of rotatable bonds is 1. The minimum atomic E-state index is 0.388. The molecule has 2 heterocycles. The molecule has 0 spiro atoms. The number of fused-ring (bicyclic) bond motifs is 1. The SMILES string of the molecule is Cc1cc(C#N)ccc1-c1cc(N)nc2ncnn12. The summed E-state index contributed by atoms with van der Waals surface area (Å²) in [5.74, 6) is 0.845. The first kappa shape index (κ1) is 11.2. The maximum absolute atomic E-state index is 8.90. The molecule has 19 heavy (non-hydrogen) atoms. The largest absolute Gasteiger partial charge is 0.384 e.